The van der Waals surface area contributed by atoms with Crippen molar-refractivity contribution in [3.8, 4) is 5.75 Å². The molecule has 0 aliphatic carbocycles. The van der Waals surface area contributed by atoms with Crippen LogP contribution in [0.3, 0.4) is 0 Å². The normalized spacial score (nSPS) is 11.9. The summed E-state index contributed by atoms with van der Waals surface area (Å²) < 4.78 is 28.5. The van der Waals surface area contributed by atoms with Crippen molar-refractivity contribution in [2.24, 2.45) is 5.14 Å². The van der Waals surface area contributed by atoms with Crippen molar-refractivity contribution < 1.29 is 48.0 Å². The number of carboxylic acid groups (broad SMARTS) is 2. The number of phenolic OH excluding ortho intramolecular Hbond substituents is 1. The lowest BCUT2D eigenvalue weighted by molar-refractivity contribution is -0.134. The van der Waals surface area contributed by atoms with E-state index in [0.717, 1.165) is 63.7 Å². The number of nitrogens with one attached hydrogen (secondary N) is 2. The van der Waals surface area contributed by atoms with E-state index in [1.165, 1.54) is 12.1 Å². The second kappa shape index (κ2) is 21.0. The lowest BCUT2D eigenvalue weighted by Gasteiger charge is -2.14. The second-order valence-corrected chi connectivity index (χ2v) is 11.0. The first kappa shape index (κ1) is 37.2. The van der Waals surface area contributed by atoms with Crippen molar-refractivity contribution in [1.82, 2.24) is 5.32 Å². The van der Waals surface area contributed by atoms with Crippen LogP contribution in [0, 0.1) is 0 Å². The highest BCUT2D eigenvalue weighted by Gasteiger charge is 2.10. The van der Waals surface area contributed by atoms with Crippen molar-refractivity contribution in [3.63, 3.8) is 0 Å². The molecule has 238 valence electrons. The van der Waals surface area contributed by atoms with Crippen LogP contribution in [0.1, 0.15) is 55.8 Å². The van der Waals surface area contributed by atoms with E-state index < -0.39 is 28.1 Å². The van der Waals surface area contributed by atoms with Gasteiger partial charge in [-0.05, 0) is 74.0 Å². The van der Waals surface area contributed by atoms with Gasteiger partial charge in [0.1, 0.15) is 5.75 Å². The number of aryl methyl sites for hydroxylation is 1. The fourth-order valence-electron chi connectivity index (χ4n) is 3.76. The van der Waals surface area contributed by atoms with Gasteiger partial charge < -0.3 is 35.8 Å². The summed E-state index contributed by atoms with van der Waals surface area (Å²) >= 11 is 0. The highest BCUT2D eigenvalue weighted by atomic mass is 32.2. The van der Waals surface area contributed by atoms with Gasteiger partial charge >= 0.3 is 11.9 Å². The molecule has 2 rings (SSSR count). The molecule has 1 amide bonds. The summed E-state index contributed by atoms with van der Waals surface area (Å²) in [6.07, 6.45) is 7.64. The first-order valence-electron chi connectivity index (χ1n) is 13.7. The summed E-state index contributed by atoms with van der Waals surface area (Å²) in [5.41, 5.74) is 1.85. The zero-order valence-corrected chi connectivity index (χ0v) is 24.7. The number of phenols is 1. The average Bonchev–Trinajstić information content (AvgIpc) is 2.95. The number of amides is 1. The van der Waals surface area contributed by atoms with Gasteiger partial charge in [0.05, 0.1) is 16.7 Å². The number of unbranched alkanes of at least 4 members (excludes halogenated alkanes) is 4. The molecule has 0 saturated heterocycles. The van der Waals surface area contributed by atoms with Crippen LogP contribution >= 0.6 is 0 Å². The summed E-state index contributed by atoms with van der Waals surface area (Å²) in [6, 6.07) is 11.4. The Morgan fingerprint density at radius 1 is 0.930 bits per heavy atom. The number of primary sulfonamides is 1. The Kier molecular flexibility index (Phi) is 18.1. The lowest BCUT2D eigenvalue weighted by atomic mass is 10.1. The van der Waals surface area contributed by atoms with Crippen LogP contribution in [0.2, 0.25) is 0 Å². The third-order valence-electron chi connectivity index (χ3n) is 5.95. The predicted octanol–water partition coefficient (Wildman–Crippen LogP) is 2.54. The van der Waals surface area contributed by atoms with Gasteiger partial charge in [-0.1, -0.05) is 31.0 Å². The molecular formula is C29H41N3O10S. The van der Waals surface area contributed by atoms with E-state index in [0.29, 0.717) is 37.3 Å². The number of hydrogen-bond donors (Lipinski definition) is 7. The Morgan fingerprint density at radius 3 is 2.21 bits per heavy atom. The summed E-state index contributed by atoms with van der Waals surface area (Å²) in [5.74, 6) is -2.56. The Morgan fingerprint density at radius 2 is 1.58 bits per heavy atom. The number of carboxylic acids is 2. The Bertz CT molecular complexity index is 1270. The number of sulfonamides is 1. The number of aliphatic hydroxyl groups excluding tert-OH is 1. The fourth-order valence-corrected chi connectivity index (χ4v) is 4.34. The van der Waals surface area contributed by atoms with Crippen LogP contribution < -0.4 is 15.8 Å². The number of nitrogens with two attached hydrogens (primary N) is 1. The molecule has 0 aliphatic heterocycles. The maximum absolute atomic E-state index is 11.4. The van der Waals surface area contributed by atoms with Gasteiger partial charge in [-0.3, -0.25) is 4.79 Å². The monoisotopic (exact) mass is 623 g/mol. The molecule has 2 aromatic carbocycles. The molecule has 1 atom stereocenters. The number of hydrogen-bond acceptors (Lipinski definition) is 9. The maximum Gasteiger partial charge on any atom is 0.328 e. The number of carbonyl (C=O) groups excluding carboxylic acids is 1. The smallest absolute Gasteiger partial charge is 0.328 e. The Hall–Kier alpha value is -3.82. The maximum atomic E-state index is 11.4. The zero-order chi connectivity index (χ0) is 32.1. The Balaban J connectivity index is 0.00000101. The van der Waals surface area contributed by atoms with Crippen LogP contribution in [0.25, 0.3) is 0 Å². The van der Waals surface area contributed by atoms with Crippen LogP contribution in [0.15, 0.2) is 59.5 Å². The van der Waals surface area contributed by atoms with Gasteiger partial charge in [0.25, 0.3) is 0 Å². The molecule has 2 aromatic rings. The van der Waals surface area contributed by atoms with Crippen molar-refractivity contribution in [2.75, 3.05) is 31.6 Å². The van der Waals surface area contributed by atoms with Gasteiger partial charge in [0.15, 0.2) is 0 Å². The van der Waals surface area contributed by atoms with Gasteiger partial charge in [0, 0.05) is 31.9 Å². The minimum Gasteiger partial charge on any atom is -0.506 e. The summed E-state index contributed by atoms with van der Waals surface area (Å²) in [5, 5.41) is 46.4. The van der Waals surface area contributed by atoms with Gasteiger partial charge in [0.2, 0.25) is 16.4 Å². The molecule has 8 N–H and O–H groups in total. The number of aromatic hydroxyl groups is 1. The summed E-state index contributed by atoms with van der Waals surface area (Å²) in [4.78, 5) is 29.8. The first-order chi connectivity index (χ1) is 20.4. The number of anilines is 1. The predicted molar refractivity (Wildman–Crippen MR) is 160 cm³/mol. The molecule has 13 nitrogen and oxygen atoms in total. The summed E-state index contributed by atoms with van der Waals surface area (Å²) in [7, 11) is -3.66. The van der Waals surface area contributed by atoms with Crippen molar-refractivity contribution in [3.05, 3.63) is 65.7 Å². The topological polar surface area (TPSA) is 226 Å². The number of rotatable bonds is 20. The molecule has 0 saturated carbocycles. The molecular weight excluding hydrogens is 582 g/mol. The van der Waals surface area contributed by atoms with Crippen LogP contribution in [0.5, 0.6) is 5.75 Å². The fraction of sp³-hybridized carbons (Fsp3) is 0.414. The van der Waals surface area contributed by atoms with Gasteiger partial charge in [-0.2, -0.15) is 0 Å². The van der Waals surface area contributed by atoms with Crippen LogP contribution in [-0.2, 0) is 35.6 Å². The number of ether oxygens (including phenoxy) is 1. The number of benzene rings is 2. The molecule has 0 heterocycles. The molecule has 0 fully saturated rings. The minimum atomic E-state index is -3.66. The van der Waals surface area contributed by atoms with Gasteiger partial charge in [-0.15, -0.1) is 0 Å². The molecule has 43 heavy (non-hydrogen) atoms. The van der Waals surface area contributed by atoms with E-state index in [2.05, 4.69) is 10.6 Å². The largest absolute Gasteiger partial charge is 0.506 e. The second-order valence-electron chi connectivity index (χ2n) is 9.44. The lowest BCUT2D eigenvalue weighted by Crippen LogP contribution is -2.22. The molecule has 0 aliphatic rings. The van der Waals surface area contributed by atoms with Gasteiger partial charge in [-0.25, -0.2) is 23.1 Å². The third-order valence-corrected chi connectivity index (χ3v) is 6.86. The number of carbonyl (C=O) groups is 3. The minimum absolute atomic E-state index is 0.0434. The average molecular weight is 624 g/mol. The third kappa shape index (κ3) is 17.7. The highest BCUT2D eigenvalue weighted by Crippen LogP contribution is 2.26. The van der Waals surface area contributed by atoms with E-state index in [4.69, 9.17) is 20.1 Å². The van der Waals surface area contributed by atoms with Crippen LogP contribution in [-0.4, -0.2) is 73.5 Å². The summed E-state index contributed by atoms with van der Waals surface area (Å²) in [6.45, 7) is 2.60. The highest BCUT2D eigenvalue weighted by molar-refractivity contribution is 7.89. The first-order valence-corrected chi connectivity index (χ1v) is 15.2. The molecule has 0 radical (unpaired) electrons. The molecule has 0 unspecified atom stereocenters. The Labute approximate surface area is 251 Å². The SMILES string of the molecule is NS(=O)(=O)c1cccc(CCCCOCCCCCCNC[C@H](O)c2ccc(O)c(NC=O)c2)c1.O=C(O)/C=C/C(=O)O. The quantitative estimate of drug-likeness (QED) is 0.0491. The van der Waals surface area contributed by atoms with Crippen molar-refractivity contribution >= 4 is 34.1 Å². The molecule has 0 bridgehead atoms. The van der Waals surface area contributed by atoms with Crippen molar-refractivity contribution in [2.45, 2.75) is 55.9 Å². The number of aliphatic hydroxyl groups is 1. The molecule has 14 heteroatoms. The number of aliphatic carboxylic acids is 2. The van der Waals surface area contributed by atoms with Crippen molar-refractivity contribution in [1.29, 1.82) is 0 Å². The van der Waals surface area contributed by atoms with E-state index in [9.17, 15) is 33.0 Å². The molecule has 0 aromatic heterocycles. The standard InChI is InChI=1S/C25H37N3O6S.C4H4O4/c26-35(32,33)22-10-7-9-20(16-22)8-3-6-15-34-14-5-2-1-4-13-27-18-25(31)21-11-12-24(30)23(17-21)28-19-29;5-3(6)1-2-4(7)8/h7,9-12,16-17,19,25,27,30-31H,1-6,8,13-15,18H2,(H,28,29)(H2,26,32,33);1-2H,(H,5,6)(H,7,8)/b;2-1+/t25-;/m0./s1. The van der Waals surface area contributed by atoms with E-state index in [-0.39, 0.29) is 16.3 Å². The van der Waals surface area contributed by atoms with E-state index in [1.54, 1.807) is 24.3 Å². The van der Waals surface area contributed by atoms with Crippen LogP contribution in [0.4, 0.5) is 5.69 Å². The van der Waals surface area contributed by atoms with E-state index >= 15 is 0 Å². The zero-order valence-electron chi connectivity index (χ0n) is 23.9. The van der Waals surface area contributed by atoms with E-state index in [1.807, 2.05) is 6.07 Å². The molecule has 0 spiro atoms.